The fraction of sp³-hybridized carbons (Fsp3) is 0.200. The van der Waals surface area contributed by atoms with Crippen LogP contribution in [0.1, 0.15) is 28.3 Å². The molecule has 1 atom stereocenters. The molecule has 0 spiro atoms. The van der Waals surface area contributed by atoms with E-state index in [4.69, 9.17) is 10.00 Å². The molecule has 0 heterocycles. The Morgan fingerprint density at radius 2 is 1.68 bits per heavy atom. The molecule has 0 bridgehead atoms. The molecular formula is C25H23FN2O2S. The first-order valence-electron chi connectivity index (χ1n) is 9.82. The predicted molar refractivity (Wildman–Crippen MR) is 121 cm³/mol. The van der Waals surface area contributed by atoms with Crippen molar-refractivity contribution in [3.63, 3.8) is 0 Å². The zero-order chi connectivity index (χ0) is 22.1. The van der Waals surface area contributed by atoms with Crippen molar-refractivity contribution in [2.45, 2.75) is 18.2 Å². The number of halogens is 1. The van der Waals surface area contributed by atoms with Gasteiger partial charge in [-0.2, -0.15) is 5.26 Å². The van der Waals surface area contributed by atoms with Crippen LogP contribution in [0.5, 0.6) is 5.75 Å². The van der Waals surface area contributed by atoms with Gasteiger partial charge in [0.25, 0.3) is 0 Å². The quantitative estimate of drug-likeness (QED) is 0.513. The molecule has 31 heavy (non-hydrogen) atoms. The molecule has 158 valence electrons. The Hall–Kier alpha value is -3.30. The summed E-state index contributed by atoms with van der Waals surface area (Å²) in [5.41, 5.74) is 3.58. The number of nitrogens with one attached hydrogen (secondary N) is 1. The third-order valence-corrected chi connectivity index (χ3v) is 5.80. The molecule has 0 saturated carbocycles. The van der Waals surface area contributed by atoms with Gasteiger partial charge in [-0.05, 0) is 59.5 Å². The summed E-state index contributed by atoms with van der Waals surface area (Å²) in [6, 6.07) is 23.1. The Balaban J connectivity index is 1.62. The molecule has 3 rings (SSSR count). The lowest BCUT2D eigenvalue weighted by atomic mass is 9.98. The average Bonchev–Trinajstić information content (AvgIpc) is 2.80. The van der Waals surface area contributed by atoms with Gasteiger partial charge < -0.3 is 10.1 Å². The van der Waals surface area contributed by atoms with Gasteiger partial charge in [0.2, 0.25) is 5.91 Å². The van der Waals surface area contributed by atoms with E-state index < -0.39 is 0 Å². The molecule has 0 saturated heterocycles. The number of carbonyl (C=O) groups is 1. The van der Waals surface area contributed by atoms with Crippen LogP contribution >= 0.6 is 11.8 Å². The third kappa shape index (κ3) is 6.87. The van der Waals surface area contributed by atoms with Crippen LogP contribution in [0.2, 0.25) is 0 Å². The Kier molecular flexibility index (Phi) is 8.08. The number of rotatable bonds is 9. The van der Waals surface area contributed by atoms with Crippen LogP contribution in [0.4, 0.5) is 4.39 Å². The molecule has 1 N–H and O–H groups in total. The summed E-state index contributed by atoms with van der Waals surface area (Å²) in [5.74, 6) is 1.39. The minimum absolute atomic E-state index is 0.0680. The van der Waals surface area contributed by atoms with Crippen molar-refractivity contribution in [1.82, 2.24) is 5.32 Å². The summed E-state index contributed by atoms with van der Waals surface area (Å²) in [6.45, 7) is 0. The van der Waals surface area contributed by atoms with Gasteiger partial charge in [0.1, 0.15) is 11.6 Å². The molecular weight excluding hydrogens is 411 g/mol. The fourth-order valence-corrected chi connectivity index (χ4v) is 3.92. The number of benzene rings is 3. The zero-order valence-electron chi connectivity index (χ0n) is 17.2. The standard InChI is InChI=1S/C25H23FN2O2S/c1-30-23-12-8-21(9-13-23)24(14-18-6-10-22(26)11-7-18)28-25(29)17-31-16-20-4-2-19(15-27)3-5-20/h2-13,24H,14,16-17H2,1H3,(H,28,29). The summed E-state index contributed by atoms with van der Waals surface area (Å²) in [6.07, 6.45) is 0.554. The van der Waals surface area contributed by atoms with Crippen LogP contribution in [-0.4, -0.2) is 18.8 Å². The van der Waals surface area contributed by atoms with Crippen LogP contribution in [0.15, 0.2) is 72.8 Å². The molecule has 6 heteroatoms. The van der Waals surface area contributed by atoms with Crippen molar-refractivity contribution in [2.24, 2.45) is 0 Å². The first kappa shape index (κ1) is 22.4. The van der Waals surface area contributed by atoms with Gasteiger partial charge in [0.05, 0.1) is 30.5 Å². The number of ether oxygens (including phenoxy) is 1. The Labute approximate surface area is 186 Å². The largest absolute Gasteiger partial charge is 0.497 e. The molecule has 0 aromatic heterocycles. The highest BCUT2D eigenvalue weighted by Gasteiger charge is 2.16. The maximum atomic E-state index is 13.3. The summed E-state index contributed by atoms with van der Waals surface area (Å²) in [4.78, 5) is 12.6. The van der Waals surface area contributed by atoms with E-state index in [2.05, 4.69) is 11.4 Å². The lowest BCUT2D eigenvalue weighted by Gasteiger charge is -2.20. The van der Waals surface area contributed by atoms with Gasteiger partial charge in [-0.15, -0.1) is 11.8 Å². The van der Waals surface area contributed by atoms with Gasteiger partial charge >= 0.3 is 0 Å². The van der Waals surface area contributed by atoms with Crippen LogP contribution in [0.3, 0.4) is 0 Å². The fourth-order valence-electron chi connectivity index (χ4n) is 3.12. The van der Waals surface area contributed by atoms with Crippen LogP contribution in [0, 0.1) is 17.1 Å². The summed E-state index contributed by atoms with van der Waals surface area (Å²) < 4.78 is 18.5. The number of nitrogens with zero attached hydrogens (tertiary/aromatic N) is 1. The molecule has 0 radical (unpaired) electrons. The molecule has 1 amide bonds. The minimum Gasteiger partial charge on any atom is -0.497 e. The maximum Gasteiger partial charge on any atom is 0.230 e. The second kappa shape index (κ2) is 11.2. The van der Waals surface area contributed by atoms with E-state index in [0.29, 0.717) is 23.5 Å². The number of hydrogen-bond acceptors (Lipinski definition) is 4. The number of carbonyl (C=O) groups excluding carboxylic acids is 1. The van der Waals surface area contributed by atoms with E-state index in [1.807, 2.05) is 36.4 Å². The number of amides is 1. The lowest BCUT2D eigenvalue weighted by Crippen LogP contribution is -2.31. The van der Waals surface area contributed by atoms with Crippen molar-refractivity contribution in [1.29, 1.82) is 5.26 Å². The average molecular weight is 435 g/mol. The lowest BCUT2D eigenvalue weighted by molar-refractivity contribution is -0.119. The van der Waals surface area contributed by atoms with Gasteiger partial charge in [-0.3, -0.25) is 4.79 Å². The number of methoxy groups -OCH3 is 1. The van der Waals surface area contributed by atoms with E-state index in [0.717, 1.165) is 22.4 Å². The summed E-state index contributed by atoms with van der Waals surface area (Å²) in [5, 5.41) is 12.0. The van der Waals surface area contributed by atoms with E-state index in [-0.39, 0.29) is 17.8 Å². The first-order valence-corrected chi connectivity index (χ1v) is 11.0. The highest BCUT2D eigenvalue weighted by atomic mass is 32.2. The molecule has 0 fully saturated rings. The van der Waals surface area contributed by atoms with Gasteiger partial charge in [0.15, 0.2) is 0 Å². The Morgan fingerprint density at radius 3 is 2.29 bits per heavy atom. The molecule has 4 nitrogen and oxygen atoms in total. The van der Waals surface area contributed by atoms with Gasteiger partial charge in [-0.25, -0.2) is 4.39 Å². The second-order valence-electron chi connectivity index (χ2n) is 7.03. The van der Waals surface area contributed by atoms with Gasteiger partial charge in [-0.1, -0.05) is 36.4 Å². The SMILES string of the molecule is COc1ccc(C(Cc2ccc(F)cc2)NC(=O)CSCc2ccc(C#N)cc2)cc1. The molecule has 0 aliphatic carbocycles. The van der Waals surface area contributed by atoms with Crippen LogP contribution < -0.4 is 10.1 Å². The number of hydrogen-bond donors (Lipinski definition) is 1. The highest BCUT2D eigenvalue weighted by Crippen LogP contribution is 2.22. The minimum atomic E-state index is -0.284. The Morgan fingerprint density at radius 1 is 1.03 bits per heavy atom. The van der Waals surface area contributed by atoms with Crippen molar-refractivity contribution in [2.75, 3.05) is 12.9 Å². The Bertz CT molecular complexity index is 1030. The predicted octanol–water partition coefficient (Wildman–Crippen LogP) is 5.04. The molecule has 0 aliphatic rings. The van der Waals surface area contributed by atoms with E-state index >= 15 is 0 Å². The molecule has 3 aromatic rings. The smallest absolute Gasteiger partial charge is 0.230 e. The van der Waals surface area contributed by atoms with E-state index in [1.54, 1.807) is 31.4 Å². The van der Waals surface area contributed by atoms with Gasteiger partial charge in [0, 0.05) is 5.75 Å². The number of nitriles is 1. The van der Waals surface area contributed by atoms with Crippen LogP contribution in [0.25, 0.3) is 0 Å². The normalized spacial score (nSPS) is 11.4. The third-order valence-electron chi connectivity index (χ3n) is 4.79. The summed E-state index contributed by atoms with van der Waals surface area (Å²) in [7, 11) is 1.61. The highest BCUT2D eigenvalue weighted by molar-refractivity contribution is 7.99. The molecule has 3 aromatic carbocycles. The van der Waals surface area contributed by atoms with E-state index in [9.17, 15) is 9.18 Å². The first-order chi connectivity index (χ1) is 15.1. The maximum absolute atomic E-state index is 13.3. The van der Waals surface area contributed by atoms with Crippen molar-refractivity contribution in [3.8, 4) is 11.8 Å². The monoisotopic (exact) mass is 434 g/mol. The molecule has 0 aliphatic heterocycles. The molecule has 1 unspecified atom stereocenters. The topological polar surface area (TPSA) is 62.1 Å². The zero-order valence-corrected chi connectivity index (χ0v) is 18.0. The van der Waals surface area contributed by atoms with Crippen molar-refractivity contribution < 1.29 is 13.9 Å². The van der Waals surface area contributed by atoms with Crippen molar-refractivity contribution >= 4 is 17.7 Å². The summed E-state index contributed by atoms with van der Waals surface area (Å²) >= 11 is 1.51. The number of thioether (sulfide) groups is 1. The van der Waals surface area contributed by atoms with Crippen molar-refractivity contribution in [3.05, 3.63) is 101 Å². The van der Waals surface area contributed by atoms with Crippen LogP contribution in [-0.2, 0) is 17.0 Å². The van der Waals surface area contributed by atoms with E-state index in [1.165, 1.54) is 23.9 Å². The second-order valence-corrected chi connectivity index (χ2v) is 8.01.